The minimum absolute atomic E-state index is 0.0663. The second-order valence-corrected chi connectivity index (χ2v) is 6.36. The van der Waals surface area contributed by atoms with Crippen LogP contribution in [-0.4, -0.2) is 12.5 Å². The van der Waals surface area contributed by atoms with Gasteiger partial charge in [0.25, 0.3) is 0 Å². The smallest absolute Gasteiger partial charge is 0.220 e. The molecule has 4 heteroatoms. The molecule has 0 heterocycles. The summed E-state index contributed by atoms with van der Waals surface area (Å²) in [5.41, 5.74) is 7.53. The van der Waals surface area contributed by atoms with Crippen LogP contribution in [0.4, 0.5) is 0 Å². The van der Waals surface area contributed by atoms with Crippen molar-refractivity contribution in [2.24, 2.45) is 5.73 Å². The topological polar surface area (TPSA) is 55.1 Å². The predicted molar refractivity (Wildman–Crippen MR) is 100 cm³/mol. The van der Waals surface area contributed by atoms with Gasteiger partial charge in [-0.2, -0.15) is 0 Å². The van der Waals surface area contributed by atoms with E-state index in [9.17, 15) is 4.79 Å². The number of amides is 1. The lowest BCUT2D eigenvalue weighted by Gasteiger charge is -2.20. The van der Waals surface area contributed by atoms with Crippen molar-refractivity contribution in [1.29, 1.82) is 0 Å². The number of rotatable bonds is 9. The third-order valence-corrected chi connectivity index (χ3v) is 4.21. The van der Waals surface area contributed by atoms with Gasteiger partial charge in [-0.05, 0) is 42.6 Å². The molecule has 128 valence electrons. The van der Waals surface area contributed by atoms with Crippen molar-refractivity contribution < 1.29 is 4.79 Å². The zero-order valence-corrected chi connectivity index (χ0v) is 14.6. The number of carbonyl (C=O) groups is 1. The van der Waals surface area contributed by atoms with Gasteiger partial charge in [0.15, 0.2) is 0 Å². The SMILES string of the molecule is NCCCCCCC(=O)NC(c1ccccc1)c1cccc(Cl)c1. The van der Waals surface area contributed by atoms with E-state index in [0.717, 1.165) is 43.4 Å². The lowest BCUT2D eigenvalue weighted by atomic mass is 9.98. The average Bonchev–Trinajstić information content (AvgIpc) is 2.60. The van der Waals surface area contributed by atoms with E-state index in [0.29, 0.717) is 11.4 Å². The van der Waals surface area contributed by atoms with Crippen LogP contribution in [-0.2, 0) is 4.79 Å². The zero-order valence-electron chi connectivity index (χ0n) is 13.9. The molecule has 2 aromatic carbocycles. The van der Waals surface area contributed by atoms with Crippen molar-refractivity contribution in [2.75, 3.05) is 6.54 Å². The molecule has 0 saturated heterocycles. The Morgan fingerprint density at radius 1 is 0.958 bits per heavy atom. The third kappa shape index (κ3) is 5.99. The first kappa shape index (κ1) is 18.5. The Hall–Kier alpha value is -1.84. The summed E-state index contributed by atoms with van der Waals surface area (Å²) < 4.78 is 0. The minimum atomic E-state index is -0.179. The van der Waals surface area contributed by atoms with E-state index in [4.69, 9.17) is 17.3 Å². The minimum Gasteiger partial charge on any atom is -0.345 e. The monoisotopic (exact) mass is 344 g/mol. The van der Waals surface area contributed by atoms with E-state index < -0.39 is 0 Å². The Morgan fingerprint density at radius 3 is 2.38 bits per heavy atom. The molecule has 0 aliphatic rings. The number of benzene rings is 2. The highest BCUT2D eigenvalue weighted by Gasteiger charge is 2.16. The highest BCUT2D eigenvalue weighted by atomic mass is 35.5. The molecule has 0 fully saturated rings. The van der Waals surface area contributed by atoms with Gasteiger partial charge in [0, 0.05) is 11.4 Å². The van der Waals surface area contributed by atoms with E-state index >= 15 is 0 Å². The lowest BCUT2D eigenvalue weighted by molar-refractivity contribution is -0.121. The lowest BCUT2D eigenvalue weighted by Crippen LogP contribution is -2.29. The maximum atomic E-state index is 12.3. The van der Waals surface area contributed by atoms with Crippen LogP contribution in [0, 0.1) is 0 Å². The molecule has 0 aliphatic carbocycles. The van der Waals surface area contributed by atoms with Crippen LogP contribution in [0.1, 0.15) is 49.3 Å². The second kappa shape index (κ2) is 10.1. The van der Waals surface area contributed by atoms with Crippen LogP contribution in [0.15, 0.2) is 54.6 Å². The Morgan fingerprint density at radius 2 is 1.67 bits per heavy atom. The Kier molecular flexibility index (Phi) is 7.80. The van der Waals surface area contributed by atoms with Crippen molar-refractivity contribution in [1.82, 2.24) is 5.32 Å². The fraction of sp³-hybridized carbons (Fsp3) is 0.350. The van der Waals surface area contributed by atoms with Gasteiger partial charge >= 0.3 is 0 Å². The number of hydrogen-bond donors (Lipinski definition) is 2. The molecular formula is C20H25ClN2O. The Balaban J connectivity index is 2.03. The van der Waals surface area contributed by atoms with Crippen LogP contribution in [0.2, 0.25) is 5.02 Å². The van der Waals surface area contributed by atoms with Crippen molar-refractivity contribution >= 4 is 17.5 Å². The Bertz CT molecular complexity index is 631. The predicted octanol–water partition coefficient (Wildman–Crippen LogP) is 4.45. The van der Waals surface area contributed by atoms with Crippen molar-refractivity contribution in [2.45, 2.75) is 38.1 Å². The van der Waals surface area contributed by atoms with E-state index in [-0.39, 0.29) is 11.9 Å². The van der Waals surface area contributed by atoms with Crippen molar-refractivity contribution in [3.05, 3.63) is 70.7 Å². The summed E-state index contributed by atoms with van der Waals surface area (Å²) in [7, 11) is 0. The summed E-state index contributed by atoms with van der Waals surface area (Å²) in [5.74, 6) is 0.0663. The fourth-order valence-corrected chi connectivity index (χ4v) is 2.91. The van der Waals surface area contributed by atoms with Gasteiger partial charge < -0.3 is 11.1 Å². The van der Waals surface area contributed by atoms with Crippen LogP contribution in [0.5, 0.6) is 0 Å². The summed E-state index contributed by atoms with van der Waals surface area (Å²) in [6.07, 6.45) is 4.58. The van der Waals surface area contributed by atoms with Gasteiger partial charge in [-0.3, -0.25) is 4.79 Å². The fourth-order valence-electron chi connectivity index (χ4n) is 2.71. The molecule has 2 aromatic rings. The molecule has 3 N–H and O–H groups in total. The van der Waals surface area contributed by atoms with E-state index in [1.807, 2.05) is 54.6 Å². The first-order valence-electron chi connectivity index (χ1n) is 8.50. The largest absolute Gasteiger partial charge is 0.345 e. The standard InChI is InChI=1S/C20H25ClN2O/c21-18-12-8-11-17(15-18)20(16-9-4-3-5-10-16)23-19(24)13-6-1-2-7-14-22/h3-5,8-12,15,20H,1-2,6-7,13-14,22H2,(H,23,24). The normalized spacial score (nSPS) is 11.9. The number of hydrogen-bond acceptors (Lipinski definition) is 2. The highest BCUT2D eigenvalue weighted by Crippen LogP contribution is 2.24. The molecule has 2 rings (SSSR count). The van der Waals surface area contributed by atoms with Crippen LogP contribution >= 0.6 is 11.6 Å². The number of unbranched alkanes of at least 4 members (excludes halogenated alkanes) is 3. The van der Waals surface area contributed by atoms with Crippen LogP contribution in [0.25, 0.3) is 0 Å². The number of nitrogens with one attached hydrogen (secondary N) is 1. The first-order chi connectivity index (χ1) is 11.7. The van der Waals surface area contributed by atoms with Crippen LogP contribution < -0.4 is 11.1 Å². The van der Waals surface area contributed by atoms with Gasteiger partial charge in [0.05, 0.1) is 6.04 Å². The van der Waals surface area contributed by atoms with Gasteiger partial charge in [0.1, 0.15) is 0 Å². The molecule has 0 bridgehead atoms. The Labute approximate surface area is 149 Å². The van der Waals surface area contributed by atoms with Gasteiger partial charge in [0.2, 0.25) is 5.91 Å². The summed E-state index contributed by atoms with van der Waals surface area (Å²) >= 11 is 6.12. The maximum absolute atomic E-state index is 12.3. The van der Waals surface area contributed by atoms with E-state index in [2.05, 4.69) is 5.32 Å². The third-order valence-electron chi connectivity index (χ3n) is 3.98. The van der Waals surface area contributed by atoms with E-state index in [1.54, 1.807) is 0 Å². The highest BCUT2D eigenvalue weighted by molar-refractivity contribution is 6.30. The quantitative estimate of drug-likeness (QED) is 0.660. The molecule has 0 radical (unpaired) electrons. The number of carbonyl (C=O) groups excluding carboxylic acids is 1. The molecule has 24 heavy (non-hydrogen) atoms. The summed E-state index contributed by atoms with van der Waals surface area (Å²) in [4.78, 5) is 12.3. The van der Waals surface area contributed by atoms with Crippen molar-refractivity contribution in [3.8, 4) is 0 Å². The van der Waals surface area contributed by atoms with Crippen LogP contribution in [0.3, 0.4) is 0 Å². The van der Waals surface area contributed by atoms with Gasteiger partial charge in [-0.25, -0.2) is 0 Å². The van der Waals surface area contributed by atoms with Crippen molar-refractivity contribution in [3.63, 3.8) is 0 Å². The molecule has 0 aliphatic heterocycles. The number of nitrogens with two attached hydrogens (primary N) is 1. The number of halogens is 1. The maximum Gasteiger partial charge on any atom is 0.220 e. The molecule has 0 aromatic heterocycles. The molecule has 1 atom stereocenters. The van der Waals surface area contributed by atoms with Gasteiger partial charge in [-0.1, -0.05) is 66.9 Å². The second-order valence-electron chi connectivity index (χ2n) is 5.92. The summed E-state index contributed by atoms with van der Waals surface area (Å²) in [6.45, 7) is 0.719. The summed E-state index contributed by atoms with van der Waals surface area (Å²) in [6, 6.07) is 17.4. The first-order valence-corrected chi connectivity index (χ1v) is 8.88. The molecule has 0 saturated carbocycles. The molecule has 1 unspecified atom stereocenters. The van der Waals surface area contributed by atoms with E-state index in [1.165, 1.54) is 0 Å². The molecule has 0 spiro atoms. The average molecular weight is 345 g/mol. The molecular weight excluding hydrogens is 320 g/mol. The molecule has 1 amide bonds. The van der Waals surface area contributed by atoms with Gasteiger partial charge in [-0.15, -0.1) is 0 Å². The molecule has 3 nitrogen and oxygen atoms in total. The zero-order chi connectivity index (χ0) is 17.2. The summed E-state index contributed by atoms with van der Waals surface area (Å²) in [5, 5.41) is 3.82.